The fraction of sp³-hybridized carbons (Fsp3) is 0.200. The molecule has 0 spiro atoms. The summed E-state index contributed by atoms with van der Waals surface area (Å²) < 4.78 is 17.1. The van der Waals surface area contributed by atoms with Crippen LogP contribution in [0, 0.1) is 0 Å². The molecule has 2 N–H and O–H groups in total. The summed E-state index contributed by atoms with van der Waals surface area (Å²) in [4.78, 5) is 15.0. The molecule has 21 heavy (non-hydrogen) atoms. The summed E-state index contributed by atoms with van der Waals surface area (Å²) in [5.74, 6) is -0.261. The molecule has 0 bridgehead atoms. The summed E-state index contributed by atoms with van der Waals surface area (Å²) in [6.07, 6.45) is 2.02. The standard InChI is InChI=1S/C15H14FN3O2/c16-5-3-12-8-14(21-19-12)15(20)18-9-10-1-2-13-11(7-10)4-6-17-13/h1-2,4,6-8,17H,3,5,9H2,(H,18,20). The Hall–Kier alpha value is -2.63. The first-order valence-electron chi connectivity index (χ1n) is 6.62. The van der Waals surface area contributed by atoms with Gasteiger partial charge in [-0.2, -0.15) is 0 Å². The molecule has 0 atom stereocenters. The maximum atomic E-state index is 12.2. The Morgan fingerprint density at radius 2 is 2.24 bits per heavy atom. The van der Waals surface area contributed by atoms with Crippen LogP contribution >= 0.6 is 0 Å². The molecule has 0 unspecified atom stereocenters. The number of halogens is 1. The maximum absolute atomic E-state index is 12.2. The van der Waals surface area contributed by atoms with Crippen molar-refractivity contribution in [1.29, 1.82) is 0 Å². The van der Waals surface area contributed by atoms with Gasteiger partial charge in [0.2, 0.25) is 5.76 Å². The predicted octanol–water partition coefficient (Wildman–Crippen LogP) is 2.60. The number of carbonyl (C=O) groups excluding carboxylic acids is 1. The number of amides is 1. The number of fused-ring (bicyclic) bond motifs is 1. The zero-order valence-electron chi connectivity index (χ0n) is 11.2. The van der Waals surface area contributed by atoms with Gasteiger partial charge in [-0.1, -0.05) is 11.2 Å². The van der Waals surface area contributed by atoms with Crippen molar-refractivity contribution in [2.75, 3.05) is 6.67 Å². The van der Waals surface area contributed by atoms with Gasteiger partial charge in [-0.3, -0.25) is 9.18 Å². The molecule has 0 saturated heterocycles. The molecule has 2 aromatic heterocycles. The van der Waals surface area contributed by atoms with Gasteiger partial charge in [0.25, 0.3) is 5.91 Å². The van der Waals surface area contributed by atoms with Crippen LogP contribution in [0.3, 0.4) is 0 Å². The predicted molar refractivity (Wildman–Crippen MR) is 75.7 cm³/mol. The van der Waals surface area contributed by atoms with Gasteiger partial charge in [0, 0.05) is 30.7 Å². The Morgan fingerprint density at radius 1 is 1.33 bits per heavy atom. The Bertz CT molecular complexity index is 763. The minimum absolute atomic E-state index is 0.0983. The third-order valence-electron chi connectivity index (χ3n) is 3.20. The van der Waals surface area contributed by atoms with Gasteiger partial charge < -0.3 is 14.8 Å². The first-order chi connectivity index (χ1) is 10.3. The number of aromatic amines is 1. The van der Waals surface area contributed by atoms with Crippen LogP contribution in [0.4, 0.5) is 4.39 Å². The normalized spacial score (nSPS) is 10.9. The first-order valence-corrected chi connectivity index (χ1v) is 6.62. The minimum atomic E-state index is -0.524. The van der Waals surface area contributed by atoms with Crippen molar-refractivity contribution < 1.29 is 13.7 Å². The molecular formula is C15H14FN3O2. The second kappa shape index (κ2) is 5.78. The van der Waals surface area contributed by atoms with E-state index < -0.39 is 6.67 Å². The van der Waals surface area contributed by atoms with Gasteiger partial charge in [0.1, 0.15) is 0 Å². The Labute approximate surface area is 120 Å². The molecule has 108 valence electrons. The van der Waals surface area contributed by atoms with E-state index in [1.165, 1.54) is 6.07 Å². The SMILES string of the molecule is O=C(NCc1ccc2[nH]ccc2c1)c1cc(CCF)no1. The largest absolute Gasteiger partial charge is 0.361 e. The number of alkyl halides is 1. The average molecular weight is 287 g/mol. The van der Waals surface area contributed by atoms with Crippen molar-refractivity contribution in [2.45, 2.75) is 13.0 Å². The molecule has 2 heterocycles. The zero-order valence-corrected chi connectivity index (χ0v) is 11.2. The number of nitrogens with zero attached hydrogens (tertiary/aromatic N) is 1. The lowest BCUT2D eigenvalue weighted by atomic mass is 10.1. The molecule has 0 saturated carbocycles. The van der Waals surface area contributed by atoms with Crippen LogP contribution in [-0.2, 0) is 13.0 Å². The molecule has 0 fully saturated rings. The van der Waals surface area contributed by atoms with E-state index in [0.717, 1.165) is 16.5 Å². The lowest BCUT2D eigenvalue weighted by molar-refractivity contribution is 0.0914. The van der Waals surface area contributed by atoms with Crippen LogP contribution in [0.1, 0.15) is 21.8 Å². The van der Waals surface area contributed by atoms with E-state index in [0.29, 0.717) is 12.2 Å². The topological polar surface area (TPSA) is 70.9 Å². The van der Waals surface area contributed by atoms with E-state index in [9.17, 15) is 9.18 Å². The average Bonchev–Trinajstić information content (AvgIpc) is 3.13. The molecule has 0 aliphatic carbocycles. The van der Waals surface area contributed by atoms with Crippen LogP contribution in [0.2, 0.25) is 0 Å². The third kappa shape index (κ3) is 2.94. The summed E-state index contributed by atoms with van der Waals surface area (Å²) in [5.41, 5.74) is 2.48. The first kappa shape index (κ1) is 13.4. The van der Waals surface area contributed by atoms with Gasteiger partial charge in [0.15, 0.2) is 0 Å². The van der Waals surface area contributed by atoms with Crippen molar-refractivity contribution in [1.82, 2.24) is 15.5 Å². The summed E-state index contributed by atoms with van der Waals surface area (Å²) >= 11 is 0. The molecule has 0 aliphatic rings. The number of aryl methyl sites for hydroxylation is 1. The van der Waals surface area contributed by atoms with Gasteiger partial charge >= 0.3 is 0 Å². The lowest BCUT2D eigenvalue weighted by Gasteiger charge is -2.03. The molecular weight excluding hydrogens is 273 g/mol. The quantitative estimate of drug-likeness (QED) is 0.757. The molecule has 3 aromatic rings. The van der Waals surface area contributed by atoms with Crippen molar-refractivity contribution in [3.63, 3.8) is 0 Å². The van der Waals surface area contributed by atoms with Crippen LogP contribution in [0.15, 0.2) is 41.1 Å². The number of aromatic nitrogens is 2. The summed E-state index contributed by atoms with van der Waals surface area (Å²) in [6.45, 7) is -0.136. The van der Waals surface area contributed by atoms with E-state index >= 15 is 0 Å². The monoisotopic (exact) mass is 287 g/mol. The van der Waals surface area contributed by atoms with E-state index in [2.05, 4.69) is 15.5 Å². The van der Waals surface area contributed by atoms with Crippen molar-refractivity contribution in [3.05, 3.63) is 53.5 Å². The van der Waals surface area contributed by atoms with Crippen molar-refractivity contribution in [3.8, 4) is 0 Å². The summed E-state index contributed by atoms with van der Waals surface area (Å²) in [5, 5.41) is 7.48. The minimum Gasteiger partial charge on any atom is -0.361 e. The number of benzene rings is 1. The Balaban J connectivity index is 1.64. The van der Waals surface area contributed by atoms with Gasteiger partial charge in [-0.15, -0.1) is 0 Å². The fourth-order valence-corrected chi connectivity index (χ4v) is 2.12. The fourth-order valence-electron chi connectivity index (χ4n) is 2.12. The molecule has 1 aromatic carbocycles. The third-order valence-corrected chi connectivity index (χ3v) is 3.20. The highest BCUT2D eigenvalue weighted by Gasteiger charge is 2.12. The van der Waals surface area contributed by atoms with Crippen LogP contribution < -0.4 is 5.32 Å². The van der Waals surface area contributed by atoms with E-state index in [1.54, 1.807) is 0 Å². The van der Waals surface area contributed by atoms with Gasteiger partial charge in [0.05, 0.1) is 12.4 Å². The number of hydrogen-bond acceptors (Lipinski definition) is 3. The number of carbonyl (C=O) groups is 1. The smallest absolute Gasteiger partial charge is 0.290 e. The van der Waals surface area contributed by atoms with Crippen LogP contribution in [0.25, 0.3) is 10.9 Å². The van der Waals surface area contributed by atoms with E-state index in [4.69, 9.17) is 4.52 Å². The highest BCUT2D eigenvalue weighted by Crippen LogP contribution is 2.14. The second-order valence-electron chi connectivity index (χ2n) is 4.70. The van der Waals surface area contributed by atoms with Crippen molar-refractivity contribution in [2.24, 2.45) is 0 Å². The number of rotatable bonds is 5. The highest BCUT2D eigenvalue weighted by atomic mass is 19.1. The summed E-state index contributed by atoms with van der Waals surface area (Å²) in [6, 6.07) is 9.34. The highest BCUT2D eigenvalue weighted by molar-refractivity contribution is 5.91. The Morgan fingerprint density at radius 3 is 3.10 bits per heavy atom. The van der Waals surface area contributed by atoms with E-state index in [1.807, 2.05) is 30.5 Å². The van der Waals surface area contributed by atoms with Gasteiger partial charge in [-0.05, 0) is 29.1 Å². The molecule has 0 radical (unpaired) electrons. The second-order valence-corrected chi connectivity index (χ2v) is 4.70. The molecule has 1 amide bonds. The van der Waals surface area contributed by atoms with Gasteiger partial charge in [-0.25, -0.2) is 0 Å². The van der Waals surface area contributed by atoms with Crippen LogP contribution in [0.5, 0.6) is 0 Å². The number of nitrogens with one attached hydrogen (secondary N) is 2. The van der Waals surface area contributed by atoms with E-state index in [-0.39, 0.29) is 18.1 Å². The van der Waals surface area contributed by atoms with Crippen molar-refractivity contribution >= 4 is 16.8 Å². The summed E-state index contributed by atoms with van der Waals surface area (Å²) in [7, 11) is 0. The number of hydrogen-bond donors (Lipinski definition) is 2. The molecule has 3 rings (SSSR count). The molecule has 5 nitrogen and oxygen atoms in total. The maximum Gasteiger partial charge on any atom is 0.290 e. The Kier molecular flexibility index (Phi) is 3.68. The van der Waals surface area contributed by atoms with Crippen LogP contribution in [-0.4, -0.2) is 22.7 Å². The lowest BCUT2D eigenvalue weighted by Crippen LogP contribution is -2.22. The zero-order chi connectivity index (χ0) is 14.7. The molecule has 6 heteroatoms. The molecule has 0 aliphatic heterocycles. The number of H-pyrrole nitrogens is 1.